The first-order valence-electron chi connectivity index (χ1n) is 5.25. The maximum atomic E-state index is 4.30. The third-order valence-corrected chi connectivity index (χ3v) is 3.05. The molecule has 0 heterocycles. The van der Waals surface area contributed by atoms with Crippen LogP contribution in [-0.2, 0) is 0 Å². The fraction of sp³-hybridized carbons (Fsp3) is 0.538. The molecule has 0 bridgehead atoms. The summed E-state index contributed by atoms with van der Waals surface area (Å²) in [5.41, 5.74) is 5.74. The molecule has 0 fully saturated rings. The van der Waals surface area contributed by atoms with Crippen molar-refractivity contribution in [2.45, 2.75) is 40.0 Å². The summed E-state index contributed by atoms with van der Waals surface area (Å²) in [6, 6.07) is 4.55. The second kappa shape index (κ2) is 4.88. The highest BCUT2D eigenvalue weighted by molar-refractivity contribution is 7.80. The Morgan fingerprint density at radius 3 is 2.07 bits per heavy atom. The van der Waals surface area contributed by atoms with E-state index in [0.29, 0.717) is 5.92 Å². The molecule has 0 nitrogen and oxygen atoms in total. The van der Waals surface area contributed by atoms with Gasteiger partial charge in [0, 0.05) is 0 Å². The van der Waals surface area contributed by atoms with E-state index in [4.69, 9.17) is 0 Å². The van der Waals surface area contributed by atoms with Crippen molar-refractivity contribution in [3.05, 3.63) is 34.4 Å². The zero-order chi connectivity index (χ0) is 10.7. The van der Waals surface area contributed by atoms with Gasteiger partial charge in [-0.15, -0.1) is 0 Å². The van der Waals surface area contributed by atoms with Crippen molar-refractivity contribution in [2.24, 2.45) is 0 Å². The van der Waals surface area contributed by atoms with Crippen LogP contribution in [0.3, 0.4) is 0 Å². The Labute approximate surface area is 93.1 Å². The van der Waals surface area contributed by atoms with E-state index in [1.165, 1.54) is 22.3 Å². The first-order valence-corrected chi connectivity index (χ1v) is 5.88. The molecule has 0 amide bonds. The summed E-state index contributed by atoms with van der Waals surface area (Å²) < 4.78 is 0. The maximum Gasteiger partial charge on any atom is -0.00922 e. The zero-order valence-electron chi connectivity index (χ0n) is 9.59. The van der Waals surface area contributed by atoms with Gasteiger partial charge in [0.2, 0.25) is 0 Å². The Bertz CT molecular complexity index is 292. The van der Waals surface area contributed by atoms with E-state index in [0.717, 1.165) is 12.2 Å². The molecule has 0 aliphatic carbocycles. The van der Waals surface area contributed by atoms with Crippen LogP contribution in [0.4, 0.5) is 0 Å². The van der Waals surface area contributed by atoms with Crippen molar-refractivity contribution in [2.75, 3.05) is 5.75 Å². The summed E-state index contributed by atoms with van der Waals surface area (Å²) in [6.07, 6.45) is 1.16. The normalized spacial score (nSPS) is 12.9. The lowest BCUT2D eigenvalue weighted by Gasteiger charge is -2.17. The van der Waals surface area contributed by atoms with Crippen LogP contribution >= 0.6 is 12.6 Å². The highest BCUT2D eigenvalue weighted by Crippen LogP contribution is 2.27. The second-order valence-corrected chi connectivity index (χ2v) is 4.67. The molecule has 1 aromatic carbocycles. The molecule has 78 valence electrons. The van der Waals surface area contributed by atoms with Gasteiger partial charge in [-0.1, -0.05) is 24.6 Å². The van der Waals surface area contributed by atoms with Crippen LogP contribution in [0.15, 0.2) is 12.1 Å². The molecule has 0 spiro atoms. The topological polar surface area (TPSA) is 0 Å². The van der Waals surface area contributed by atoms with Crippen molar-refractivity contribution in [1.29, 1.82) is 0 Å². The van der Waals surface area contributed by atoms with E-state index in [1.54, 1.807) is 0 Å². The van der Waals surface area contributed by atoms with Gasteiger partial charge in [-0.2, -0.15) is 12.6 Å². The number of aryl methyl sites for hydroxylation is 3. The molecule has 14 heavy (non-hydrogen) atoms. The molecule has 1 rings (SSSR count). The average Bonchev–Trinajstić information content (AvgIpc) is 2.01. The summed E-state index contributed by atoms with van der Waals surface area (Å²) in [7, 11) is 0. The third kappa shape index (κ3) is 2.54. The smallest absolute Gasteiger partial charge is 0.00922 e. The molecule has 1 atom stereocenters. The van der Waals surface area contributed by atoms with Crippen LogP contribution in [-0.4, -0.2) is 5.75 Å². The van der Waals surface area contributed by atoms with Gasteiger partial charge in [-0.25, -0.2) is 0 Å². The lowest BCUT2D eigenvalue weighted by atomic mass is 9.89. The molecule has 0 radical (unpaired) electrons. The van der Waals surface area contributed by atoms with Gasteiger partial charge in [0.05, 0.1) is 0 Å². The zero-order valence-corrected chi connectivity index (χ0v) is 10.5. The standard InChI is InChI=1S/C13H20S/c1-9-7-11(3)13(12(4)8-9)10(2)5-6-14/h7-8,10,14H,5-6H2,1-4H3. The molecule has 0 N–H and O–H groups in total. The molecule has 0 aliphatic heterocycles. The van der Waals surface area contributed by atoms with Gasteiger partial charge in [0.25, 0.3) is 0 Å². The molecular weight excluding hydrogens is 188 g/mol. The van der Waals surface area contributed by atoms with Crippen molar-refractivity contribution in [1.82, 2.24) is 0 Å². The fourth-order valence-corrected chi connectivity index (χ4v) is 2.69. The minimum Gasteiger partial charge on any atom is -0.179 e. The molecule has 1 aromatic rings. The van der Waals surface area contributed by atoms with Crippen molar-refractivity contribution >= 4 is 12.6 Å². The summed E-state index contributed by atoms with van der Waals surface area (Å²) in [6.45, 7) is 8.88. The Kier molecular flexibility index (Phi) is 4.06. The van der Waals surface area contributed by atoms with Crippen molar-refractivity contribution in [3.8, 4) is 0 Å². The molecule has 0 saturated heterocycles. The van der Waals surface area contributed by atoms with E-state index in [1.807, 2.05) is 0 Å². The van der Waals surface area contributed by atoms with E-state index < -0.39 is 0 Å². The predicted octanol–water partition coefficient (Wildman–Crippen LogP) is 4.04. The Morgan fingerprint density at radius 2 is 1.64 bits per heavy atom. The molecule has 1 heteroatoms. The SMILES string of the molecule is Cc1cc(C)c(C(C)CCS)c(C)c1. The van der Waals surface area contributed by atoms with Crippen molar-refractivity contribution in [3.63, 3.8) is 0 Å². The van der Waals surface area contributed by atoms with E-state index in [-0.39, 0.29) is 0 Å². The monoisotopic (exact) mass is 208 g/mol. The minimum absolute atomic E-state index is 0.632. The van der Waals surface area contributed by atoms with E-state index in [2.05, 4.69) is 52.5 Å². The number of benzene rings is 1. The lowest BCUT2D eigenvalue weighted by Crippen LogP contribution is -2.01. The fourth-order valence-electron chi connectivity index (χ4n) is 2.31. The number of rotatable bonds is 3. The van der Waals surface area contributed by atoms with Crippen LogP contribution in [0, 0.1) is 20.8 Å². The summed E-state index contributed by atoms with van der Waals surface area (Å²) in [4.78, 5) is 0. The summed E-state index contributed by atoms with van der Waals surface area (Å²) >= 11 is 4.30. The molecule has 0 aromatic heterocycles. The van der Waals surface area contributed by atoms with Crippen LogP contribution in [0.1, 0.15) is 41.5 Å². The van der Waals surface area contributed by atoms with Gasteiger partial charge >= 0.3 is 0 Å². The van der Waals surface area contributed by atoms with Crippen LogP contribution < -0.4 is 0 Å². The largest absolute Gasteiger partial charge is 0.179 e. The highest BCUT2D eigenvalue weighted by Gasteiger charge is 2.10. The quantitative estimate of drug-likeness (QED) is 0.712. The van der Waals surface area contributed by atoms with Gasteiger partial charge in [0.1, 0.15) is 0 Å². The molecule has 0 saturated carbocycles. The van der Waals surface area contributed by atoms with Crippen LogP contribution in [0.5, 0.6) is 0 Å². The summed E-state index contributed by atoms with van der Waals surface area (Å²) in [5.74, 6) is 1.60. The maximum absolute atomic E-state index is 4.30. The Morgan fingerprint density at radius 1 is 1.14 bits per heavy atom. The van der Waals surface area contributed by atoms with Gasteiger partial charge < -0.3 is 0 Å². The molecule has 1 unspecified atom stereocenters. The molecular formula is C13H20S. The van der Waals surface area contributed by atoms with Crippen molar-refractivity contribution < 1.29 is 0 Å². The number of hydrogen-bond acceptors (Lipinski definition) is 1. The van der Waals surface area contributed by atoms with Gasteiger partial charge in [0.15, 0.2) is 0 Å². The second-order valence-electron chi connectivity index (χ2n) is 4.23. The van der Waals surface area contributed by atoms with E-state index in [9.17, 15) is 0 Å². The van der Waals surface area contributed by atoms with Gasteiger partial charge in [-0.3, -0.25) is 0 Å². The predicted molar refractivity (Wildman–Crippen MR) is 67.5 cm³/mol. The van der Waals surface area contributed by atoms with Crippen LogP contribution in [0.25, 0.3) is 0 Å². The highest BCUT2D eigenvalue weighted by atomic mass is 32.1. The minimum atomic E-state index is 0.632. The Balaban J connectivity index is 3.07. The lowest BCUT2D eigenvalue weighted by molar-refractivity contribution is 0.730. The first kappa shape index (κ1) is 11.6. The van der Waals surface area contributed by atoms with Gasteiger partial charge in [-0.05, 0) is 55.6 Å². The average molecular weight is 208 g/mol. The first-order chi connectivity index (χ1) is 6.56. The Hall–Kier alpha value is -0.430. The number of hydrogen-bond donors (Lipinski definition) is 1. The van der Waals surface area contributed by atoms with E-state index >= 15 is 0 Å². The third-order valence-electron chi connectivity index (χ3n) is 2.79. The van der Waals surface area contributed by atoms with Crippen LogP contribution in [0.2, 0.25) is 0 Å². The molecule has 0 aliphatic rings. The number of thiol groups is 1. The summed E-state index contributed by atoms with van der Waals surface area (Å²) in [5, 5.41) is 0.